The van der Waals surface area contributed by atoms with Crippen LogP contribution in [0.4, 0.5) is 0 Å². The molecule has 132 valence electrons. The van der Waals surface area contributed by atoms with E-state index >= 15 is 0 Å². The van der Waals surface area contributed by atoms with Gasteiger partial charge in [0.15, 0.2) is 5.78 Å². The molecule has 1 N–H and O–H groups in total. The maximum Gasteiger partial charge on any atom is 0.330 e. The van der Waals surface area contributed by atoms with Gasteiger partial charge in [0, 0.05) is 5.92 Å². The topological polar surface area (TPSA) is 91.3 Å². The molecule has 0 saturated heterocycles. The first-order chi connectivity index (χ1) is 10.3. The van der Waals surface area contributed by atoms with Crippen LogP contribution in [0.3, 0.4) is 0 Å². The third-order valence-electron chi connectivity index (χ3n) is 2.79. The van der Waals surface area contributed by atoms with E-state index in [1.165, 1.54) is 0 Å². The molecule has 0 amide bonds. The van der Waals surface area contributed by atoms with E-state index in [1.54, 1.807) is 13.8 Å². The summed E-state index contributed by atoms with van der Waals surface area (Å²) >= 11 is 0. The zero-order valence-corrected chi connectivity index (χ0v) is 14.8. The number of Topliss-reactive ketones (excluding diaryl/α,β-unsaturated/α-hetero) is 1. The van der Waals surface area contributed by atoms with Crippen LogP contribution in [0.5, 0.6) is 0 Å². The van der Waals surface area contributed by atoms with Crippen LogP contribution in [-0.2, 0) is 28.1 Å². The molecule has 0 aliphatic carbocycles. The number of hydrogen-bond donors (Lipinski definition) is 1. The Bertz CT molecular complexity index is 344. The molecule has 0 aliphatic rings. The van der Waals surface area contributed by atoms with E-state index in [1.807, 2.05) is 13.8 Å². The molecule has 22 heavy (non-hydrogen) atoms. The van der Waals surface area contributed by atoms with Crippen LogP contribution in [0.25, 0.3) is 0 Å². The third kappa shape index (κ3) is 11.3. The van der Waals surface area contributed by atoms with Gasteiger partial charge in [0.2, 0.25) is 0 Å². The average molecular weight is 340 g/mol. The minimum atomic E-state index is -3.51. The first kappa shape index (κ1) is 21.7. The Hall–Kier alpha value is -0.300. The molecule has 0 spiro atoms. The molecule has 0 rings (SSSR count). The number of ketones is 1. The van der Waals surface area contributed by atoms with E-state index < -0.39 is 13.3 Å². The molecular weight excluding hydrogens is 311 g/mol. The highest BCUT2D eigenvalue weighted by atomic mass is 31.2. The van der Waals surface area contributed by atoms with E-state index in [-0.39, 0.29) is 31.5 Å². The van der Waals surface area contributed by atoms with Crippen molar-refractivity contribution in [2.75, 3.05) is 46.2 Å². The molecule has 0 aromatic carbocycles. The lowest BCUT2D eigenvalue weighted by Crippen LogP contribution is -2.17. The standard InChI is InChI=1S/C14H29O7P/c1-12(2)14(15)11-20-8-7-18-5-6-19-9-10-21-22(16,17)13(3)4/h12-13H,5-11H2,1-4H3,(H,16,17). The van der Waals surface area contributed by atoms with Gasteiger partial charge in [0.1, 0.15) is 6.61 Å². The SMILES string of the molecule is CC(C)C(=O)COCCOCCOCCOP(=O)(O)C(C)C. The Balaban J connectivity index is 3.31. The number of rotatable bonds is 14. The Labute approximate surface area is 132 Å². The van der Waals surface area contributed by atoms with Crippen molar-refractivity contribution in [2.24, 2.45) is 5.92 Å². The molecule has 0 fully saturated rings. The first-order valence-electron chi connectivity index (χ1n) is 7.50. The van der Waals surface area contributed by atoms with Gasteiger partial charge in [0.05, 0.1) is 45.3 Å². The van der Waals surface area contributed by atoms with Gasteiger partial charge in [-0.15, -0.1) is 0 Å². The number of ether oxygens (including phenoxy) is 3. The minimum Gasteiger partial charge on any atom is -0.377 e. The van der Waals surface area contributed by atoms with Crippen molar-refractivity contribution in [2.45, 2.75) is 33.4 Å². The molecule has 1 unspecified atom stereocenters. The van der Waals surface area contributed by atoms with Crippen LogP contribution in [0, 0.1) is 5.92 Å². The smallest absolute Gasteiger partial charge is 0.330 e. The van der Waals surface area contributed by atoms with Gasteiger partial charge in [-0.3, -0.25) is 9.36 Å². The van der Waals surface area contributed by atoms with Gasteiger partial charge < -0.3 is 23.6 Å². The van der Waals surface area contributed by atoms with Crippen molar-refractivity contribution in [1.82, 2.24) is 0 Å². The Morgan fingerprint density at radius 2 is 1.36 bits per heavy atom. The van der Waals surface area contributed by atoms with E-state index in [9.17, 15) is 14.3 Å². The molecule has 0 aromatic rings. The van der Waals surface area contributed by atoms with Crippen LogP contribution in [-0.4, -0.2) is 62.6 Å². The monoisotopic (exact) mass is 340 g/mol. The van der Waals surface area contributed by atoms with Crippen LogP contribution < -0.4 is 0 Å². The van der Waals surface area contributed by atoms with Gasteiger partial charge in [-0.05, 0) is 0 Å². The van der Waals surface area contributed by atoms with Crippen LogP contribution in [0.15, 0.2) is 0 Å². The van der Waals surface area contributed by atoms with Crippen molar-refractivity contribution < 1.29 is 33.0 Å². The average Bonchev–Trinajstić information content (AvgIpc) is 2.43. The van der Waals surface area contributed by atoms with E-state index in [4.69, 9.17) is 18.7 Å². The summed E-state index contributed by atoms with van der Waals surface area (Å²) in [5, 5.41) is 0. The van der Waals surface area contributed by atoms with Gasteiger partial charge >= 0.3 is 7.60 Å². The molecule has 0 heterocycles. The summed E-state index contributed by atoms with van der Waals surface area (Å²) in [7, 11) is -3.51. The summed E-state index contributed by atoms with van der Waals surface area (Å²) < 4.78 is 32.0. The highest BCUT2D eigenvalue weighted by Gasteiger charge is 2.23. The van der Waals surface area contributed by atoms with Crippen LogP contribution in [0.1, 0.15) is 27.7 Å². The summed E-state index contributed by atoms with van der Waals surface area (Å²) in [4.78, 5) is 20.7. The number of carbonyl (C=O) groups excluding carboxylic acids is 1. The summed E-state index contributed by atoms with van der Waals surface area (Å²) in [6, 6.07) is 0. The second-order valence-electron chi connectivity index (χ2n) is 5.39. The zero-order chi connectivity index (χ0) is 17.0. The maximum atomic E-state index is 11.5. The lowest BCUT2D eigenvalue weighted by Gasteiger charge is -2.15. The van der Waals surface area contributed by atoms with E-state index in [0.717, 1.165) is 0 Å². The molecule has 1 atom stereocenters. The predicted octanol–water partition coefficient (Wildman–Crippen LogP) is 1.87. The van der Waals surface area contributed by atoms with E-state index in [0.29, 0.717) is 26.4 Å². The highest BCUT2D eigenvalue weighted by Crippen LogP contribution is 2.46. The summed E-state index contributed by atoms with van der Waals surface area (Å²) in [6.07, 6.45) is 0. The number of hydrogen-bond acceptors (Lipinski definition) is 6. The van der Waals surface area contributed by atoms with Gasteiger partial charge in [-0.1, -0.05) is 27.7 Å². The van der Waals surface area contributed by atoms with Crippen molar-refractivity contribution in [3.05, 3.63) is 0 Å². The van der Waals surface area contributed by atoms with Gasteiger partial charge in [0.25, 0.3) is 0 Å². The van der Waals surface area contributed by atoms with Gasteiger partial charge in [-0.25, -0.2) is 0 Å². The fourth-order valence-electron chi connectivity index (χ4n) is 1.16. The van der Waals surface area contributed by atoms with Crippen molar-refractivity contribution in [1.29, 1.82) is 0 Å². The summed E-state index contributed by atoms with van der Waals surface area (Å²) in [5.41, 5.74) is -0.418. The van der Waals surface area contributed by atoms with E-state index in [2.05, 4.69) is 0 Å². The zero-order valence-electron chi connectivity index (χ0n) is 13.9. The van der Waals surface area contributed by atoms with Crippen molar-refractivity contribution in [3.8, 4) is 0 Å². The molecule has 0 radical (unpaired) electrons. The quantitative estimate of drug-likeness (QED) is 0.381. The Kier molecular flexibility index (Phi) is 12.0. The molecule has 0 aromatic heterocycles. The molecule has 0 saturated carbocycles. The van der Waals surface area contributed by atoms with Crippen LogP contribution in [0.2, 0.25) is 0 Å². The van der Waals surface area contributed by atoms with Crippen molar-refractivity contribution in [3.63, 3.8) is 0 Å². The minimum absolute atomic E-state index is 0.0125. The normalized spacial score (nSPS) is 14.5. The second kappa shape index (κ2) is 12.2. The number of carbonyl (C=O) groups is 1. The fraction of sp³-hybridized carbons (Fsp3) is 0.929. The second-order valence-corrected chi connectivity index (χ2v) is 7.81. The third-order valence-corrected chi connectivity index (χ3v) is 4.65. The van der Waals surface area contributed by atoms with Gasteiger partial charge in [-0.2, -0.15) is 0 Å². The largest absolute Gasteiger partial charge is 0.377 e. The van der Waals surface area contributed by atoms with Crippen molar-refractivity contribution >= 4 is 13.4 Å². The maximum absolute atomic E-state index is 11.5. The molecule has 0 aliphatic heterocycles. The predicted molar refractivity (Wildman–Crippen MR) is 83.2 cm³/mol. The molecule has 0 bridgehead atoms. The lowest BCUT2D eigenvalue weighted by atomic mass is 10.1. The molecule has 8 heteroatoms. The van der Waals surface area contributed by atoms with Crippen LogP contribution >= 0.6 is 7.60 Å². The molecule has 7 nitrogen and oxygen atoms in total. The highest BCUT2D eigenvalue weighted by molar-refractivity contribution is 7.53. The summed E-state index contributed by atoms with van der Waals surface area (Å²) in [6.45, 7) is 8.87. The first-order valence-corrected chi connectivity index (χ1v) is 9.15. The Morgan fingerprint density at radius 1 is 0.909 bits per heavy atom. The summed E-state index contributed by atoms with van der Waals surface area (Å²) in [5.74, 6) is 0.0624. The lowest BCUT2D eigenvalue weighted by molar-refractivity contribution is -0.127. The molecular formula is C14H29O7P. The Morgan fingerprint density at radius 3 is 1.82 bits per heavy atom. The fourth-order valence-corrected chi connectivity index (χ4v) is 1.79.